The van der Waals surface area contributed by atoms with Gasteiger partial charge in [-0.2, -0.15) is 18.4 Å². The van der Waals surface area contributed by atoms with E-state index < -0.39 is 25.1 Å². The van der Waals surface area contributed by atoms with Gasteiger partial charge in [0.15, 0.2) is 0 Å². The van der Waals surface area contributed by atoms with Crippen LogP contribution in [0.4, 0.5) is 23.2 Å². The topological polar surface area (TPSA) is 47.3 Å². The molecule has 0 saturated heterocycles. The highest BCUT2D eigenvalue weighted by molar-refractivity contribution is 5.52. The Bertz CT molecular complexity index is 453. The van der Waals surface area contributed by atoms with Gasteiger partial charge in [-0.3, -0.25) is 0 Å². The number of aliphatic hydroxyl groups excluding tert-OH is 1. The van der Waals surface area contributed by atoms with Crippen LogP contribution in [0.25, 0.3) is 0 Å². The van der Waals surface area contributed by atoms with Crippen molar-refractivity contribution in [1.82, 2.24) is 0 Å². The minimum atomic E-state index is -4.48. The Kier molecular flexibility index (Phi) is 4.50. The van der Waals surface area contributed by atoms with Crippen LogP contribution < -0.4 is 4.90 Å². The van der Waals surface area contributed by atoms with Crippen molar-refractivity contribution in [3.63, 3.8) is 0 Å². The molecule has 0 aromatic heterocycles. The number of alkyl halides is 3. The number of anilines is 1. The summed E-state index contributed by atoms with van der Waals surface area (Å²) in [7, 11) is 0. The van der Waals surface area contributed by atoms with Gasteiger partial charge in [0.1, 0.15) is 12.4 Å². The predicted molar refractivity (Wildman–Crippen MR) is 56.5 cm³/mol. The normalized spacial score (nSPS) is 11.1. The summed E-state index contributed by atoms with van der Waals surface area (Å²) < 4.78 is 50.1. The molecule has 0 unspecified atom stereocenters. The largest absolute Gasteiger partial charge is 0.405 e. The molecule has 18 heavy (non-hydrogen) atoms. The lowest BCUT2D eigenvalue weighted by Gasteiger charge is -2.25. The van der Waals surface area contributed by atoms with Crippen molar-refractivity contribution in [3.05, 3.63) is 29.6 Å². The maximum atomic E-state index is 13.1. The number of hydrogen-bond acceptors (Lipinski definition) is 3. The van der Waals surface area contributed by atoms with E-state index in [0.29, 0.717) is 0 Å². The van der Waals surface area contributed by atoms with E-state index in [2.05, 4.69) is 0 Å². The number of nitrogens with zero attached hydrogens (tertiary/aromatic N) is 2. The van der Waals surface area contributed by atoms with E-state index in [1.807, 2.05) is 0 Å². The first-order valence-corrected chi connectivity index (χ1v) is 4.99. The lowest BCUT2D eigenvalue weighted by molar-refractivity contribution is -0.119. The number of rotatable bonds is 4. The van der Waals surface area contributed by atoms with Crippen LogP contribution in [-0.2, 0) is 0 Å². The molecule has 3 nitrogen and oxygen atoms in total. The molecule has 0 amide bonds. The van der Waals surface area contributed by atoms with Crippen molar-refractivity contribution >= 4 is 5.69 Å². The number of hydrogen-bond donors (Lipinski definition) is 1. The van der Waals surface area contributed by atoms with Crippen LogP contribution in [-0.4, -0.2) is 31.0 Å². The molecule has 0 aliphatic rings. The summed E-state index contributed by atoms with van der Waals surface area (Å²) in [4.78, 5) is 0.768. The summed E-state index contributed by atoms with van der Waals surface area (Å²) in [6.45, 7) is -2.12. The molecule has 1 aromatic rings. The number of benzene rings is 1. The highest BCUT2D eigenvalue weighted by atomic mass is 19.4. The molecule has 0 aliphatic carbocycles. The van der Waals surface area contributed by atoms with E-state index in [4.69, 9.17) is 10.4 Å². The minimum Gasteiger partial charge on any atom is -0.395 e. The molecule has 98 valence electrons. The fourth-order valence-corrected chi connectivity index (χ4v) is 1.46. The van der Waals surface area contributed by atoms with Crippen molar-refractivity contribution in [2.75, 3.05) is 24.6 Å². The van der Waals surface area contributed by atoms with Gasteiger partial charge in [0.05, 0.1) is 18.2 Å². The van der Waals surface area contributed by atoms with Gasteiger partial charge in [-0.1, -0.05) is 0 Å². The lowest BCUT2D eigenvalue weighted by Crippen LogP contribution is -2.36. The van der Waals surface area contributed by atoms with Crippen LogP contribution in [0.1, 0.15) is 5.56 Å². The van der Waals surface area contributed by atoms with Crippen LogP contribution in [0.3, 0.4) is 0 Å². The van der Waals surface area contributed by atoms with Crippen molar-refractivity contribution in [1.29, 1.82) is 5.26 Å². The Morgan fingerprint density at radius 3 is 2.44 bits per heavy atom. The molecular weight excluding hydrogens is 252 g/mol. The second kappa shape index (κ2) is 5.69. The average Bonchev–Trinajstić information content (AvgIpc) is 2.26. The van der Waals surface area contributed by atoms with Crippen molar-refractivity contribution < 1.29 is 22.7 Å². The van der Waals surface area contributed by atoms with E-state index in [1.54, 1.807) is 6.07 Å². The fourth-order valence-electron chi connectivity index (χ4n) is 1.46. The molecule has 1 rings (SSSR count). The van der Waals surface area contributed by atoms with Gasteiger partial charge in [-0.15, -0.1) is 0 Å². The molecule has 0 atom stereocenters. The van der Waals surface area contributed by atoms with Gasteiger partial charge < -0.3 is 10.0 Å². The fraction of sp³-hybridized carbons (Fsp3) is 0.364. The van der Waals surface area contributed by atoms with E-state index in [0.717, 1.165) is 23.1 Å². The van der Waals surface area contributed by atoms with Crippen molar-refractivity contribution in [3.8, 4) is 6.07 Å². The molecular formula is C11H10F4N2O. The van der Waals surface area contributed by atoms with E-state index >= 15 is 0 Å². The standard InChI is InChI=1S/C11H10F4N2O/c12-9-3-8(6-16)4-10(5-9)17(1-2-18)7-11(13,14)15/h3-5,18H,1-2,7H2. The Morgan fingerprint density at radius 1 is 1.28 bits per heavy atom. The zero-order valence-electron chi connectivity index (χ0n) is 9.21. The van der Waals surface area contributed by atoms with Gasteiger partial charge in [0.2, 0.25) is 0 Å². The third-order valence-corrected chi connectivity index (χ3v) is 2.12. The first-order valence-electron chi connectivity index (χ1n) is 4.99. The van der Waals surface area contributed by atoms with Crippen LogP contribution in [0, 0.1) is 17.1 Å². The number of halogens is 4. The van der Waals surface area contributed by atoms with Crippen LogP contribution in [0.5, 0.6) is 0 Å². The first-order chi connectivity index (χ1) is 8.35. The Balaban J connectivity index is 3.05. The highest BCUT2D eigenvalue weighted by Crippen LogP contribution is 2.23. The zero-order valence-corrected chi connectivity index (χ0v) is 9.21. The summed E-state index contributed by atoms with van der Waals surface area (Å²) in [6, 6.07) is 4.62. The third-order valence-electron chi connectivity index (χ3n) is 2.12. The summed E-state index contributed by atoms with van der Waals surface area (Å²) in [5, 5.41) is 17.3. The van der Waals surface area contributed by atoms with Crippen molar-refractivity contribution in [2.45, 2.75) is 6.18 Å². The minimum absolute atomic E-state index is 0.0740. The number of aliphatic hydroxyl groups is 1. The summed E-state index contributed by atoms with van der Waals surface area (Å²) in [5.41, 5.74) is -0.159. The zero-order chi connectivity index (χ0) is 13.8. The molecule has 1 N–H and O–H groups in total. The van der Waals surface area contributed by atoms with Gasteiger partial charge in [-0.05, 0) is 18.2 Å². The molecule has 1 aromatic carbocycles. The Morgan fingerprint density at radius 2 is 1.94 bits per heavy atom. The SMILES string of the molecule is N#Cc1cc(F)cc(N(CCO)CC(F)(F)F)c1. The Labute approximate surface area is 101 Å². The molecule has 0 heterocycles. The highest BCUT2D eigenvalue weighted by Gasteiger charge is 2.31. The summed E-state index contributed by atoms with van der Waals surface area (Å²) in [6.07, 6.45) is -4.48. The molecule has 0 fully saturated rings. The molecule has 0 aliphatic heterocycles. The Hall–Kier alpha value is -1.81. The van der Waals surface area contributed by atoms with E-state index in [9.17, 15) is 17.6 Å². The van der Waals surface area contributed by atoms with Crippen LogP contribution in [0.2, 0.25) is 0 Å². The van der Waals surface area contributed by atoms with Gasteiger partial charge in [-0.25, -0.2) is 4.39 Å². The van der Waals surface area contributed by atoms with Gasteiger partial charge in [0, 0.05) is 12.2 Å². The molecule has 0 spiro atoms. The molecule has 0 saturated carbocycles. The van der Waals surface area contributed by atoms with Crippen LogP contribution in [0.15, 0.2) is 18.2 Å². The maximum Gasteiger partial charge on any atom is 0.405 e. The number of nitriles is 1. The van der Waals surface area contributed by atoms with E-state index in [1.165, 1.54) is 0 Å². The van der Waals surface area contributed by atoms with Crippen LogP contribution >= 0.6 is 0 Å². The molecule has 0 bridgehead atoms. The van der Waals surface area contributed by atoms with E-state index in [-0.39, 0.29) is 17.8 Å². The second-order valence-corrected chi connectivity index (χ2v) is 3.57. The monoisotopic (exact) mass is 262 g/mol. The van der Waals surface area contributed by atoms with Gasteiger partial charge in [0.25, 0.3) is 0 Å². The quantitative estimate of drug-likeness (QED) is 0.845. The van der Waals surface area contributed by atoms with Crippen molar-refractivity contribution in [2.24, 2.45) is 0 Å². The summed E-state index contributed by atoms with van der Waals surface area (Å²) in [5.74, 6) is -0.797. The maximum absolute atomic E-state index is 13.1. The second-order valence-electron chi connectivity index (χ2n) is 3.57. The molecule has 0 radical (unpaired) electrons. The molecule has 7 heteroatoms. The summed E-state index contributed by atoms with van der Waals surface area (Å²) >= 11 is 0. The first kappa shape index (κ1) is 14.3. The van der Waals surface area contributed by atoms with Gasteiger partial charge >= 0.3 is 6.18 Å². The average molecular weight is 262 g/mol. The third kappa shape index (κ3) is 4.22. The predicted octanol–water partition coefficient (Wildman–Crippen LogP) is 2.06. The smallest absolute Gasteiger partial charge is 0.395 e. The lowest BCUT2D eigenvalue weighted by atomic mass is 10.2.